The van der Waals surface area contributed by atoms with Crippen molar-refractivity contribution in [2.45, 2.75) is 13.0 Å². The molecule has 14 heavy (non-hydrogen) atoms. The predicted molar refractivity (Wildman–Crippen MR) is 47.1 cm³/mol. The molecule has 0 radical (unpaired) electrons. The van der Waals surface area contributed by atoms with Gasteiger partial charge in [-0.2, -0.15) is 0 Å². The largest absolute Gasteiger partial charge is 0.504 e. The molecule has 0 saturated carbocycles. The number of rotatable bonds is 2. The number of aryl methyl sites for hydroxylation is 1. The first-order valence-corrected chi connectivity index (χ1v) is 3.87. The van der Waals surface area contributed by atoms with Crippen LogP contribution in [-0.4, -0.2) is 26.4 Å². The van der Waals surface area contributed by atoms with E-state index >= 15 is 0 Å². The van der Waals surface area contributed by atoms with Gasteiger partial charge in [-0.3, -0.25) is 0 Å². The molecule has 0 bridgehead atoms. The van der Waals surface area contributed by atoms with Gasteiger partial charge in [0.1, 0.15) is 0 Å². The molecule has 4 N–H and O–H groups in total. The van der Waals surface area contributed by atoms with Crippen molar-refractivity contribution in [3.63, 3.8) is 0 Å². The molecular weight excluding hydrogens is 188 g/mol. The number of carboxylic acid groups (broad SMARTS) is 1. The van der Waals surface area contributed by atoms with Crippen LogP contribution in [0.5, 0.6) is 11.5 Å². The summed E-state index contributed by atoms with van der Waals surface area (Å²) in [6, 6.07) is 2.31. The van der Waals surface area contributed by atoms with E-state index in [-0.39, 0.29) is 11.3 Å². The van der Waals surface area contributed by atoms with Crippen LogP contribution in [0, 0.1) is 6.92 Å². The lowest BCUT2D eigenvalue weighted by Gasteiger charge is -2.09. The molecule has 0 aliphatic carbocycles. The van der Waals surface area contributed by atoms with Crippen molar-refractivity contribution in [2.24, 2.45) is 0 Å². The number of carboxylic acids is 1. The summed E-state index contributed by atoms with van der Waals surface area (Å²) < 4.78 is 0. The molecule has 0 aromatic heterocycles. The van der Waals surface area contributed by atoms with Crippen molar-refractivity contribution in [1.82, 2.24) is 0 Å². The highest BCUT2D eigenvalue weighted by molar-refractivity contribution is 5.74. The van der Waals surface area contributed by atoms with Crippen LogP contribution in [0.3, 0.4) is 0 Å². The first-order chi connectivity index (χ1) is 6.43. The van der Waals surface area contributed by atoms with E-state index < -0.39 is 17.8 Å². The molecule has 1 aromatic carbocycles. The second kappa shape index (κ2) is 3.55. The Labute approximate surface area is 79.9 Å². The van der Waals surface area contributed by atoms with Crippen LogP contribution in [0.2, 0.25) is 0 Å². The Morgan fingerprint density at radius 3 is 2.36 bits per heavy atom. The van der Waals surface area contributed by atoms with Crippen LogP contribution in [-0.2, 0) is 4.79 Å². The van der Waals surface area contributed by atoms with Gasteiger partial charge in [-0.05, 0) is 30.2 Å². The van der Waals surface area contributed by atoms with Crippen molar-refractivity contribution >= 4 is 5.97 Å². The lowest BCUT2D eigenvalue weighted by Crippen LogP contribution is -2.10. The van der Waals surface area contributed by atoms with Crippen molar-refractivity contribution in [3.05, 3.63) is 23.3 Å². The van der Waals surface area contributed by atoms with Gasteiger partial charge in [-0.1, -0.05) is 0 Å². The fourth-order valence-corrected chi connectivity index (χ4v) is 1.09. The average molecular weight is 198 g/mol. The van der Waals surface area contributed by atoms with Crippen molar-refractivity contribution in [1.29, 1.82) is 0 Å². The van der Waals surface area contributed by atoms with E-state index in [0.717, 1.165) is 6.07 Å². The number of aliphatic hydroxyl groups is 1. The molecule has 1 atom stereocenters. The maximum absolute atomic E-state index is 10.4. The molecule has 0 amide bonds. The zero-order valence-electron chi connectivity index (χ0n) is 7.43. The van der Waals surface area contributed by atoms with Crippen molar-refractivity contribution < 1.29 is 25.2 Å². The molecule has 1 aromatic rings. The van der Waals surface area contributed by atoms with Gasteiger partial charge >= 0.3 is 5.97 Å². The minimum absolute atomic E-state index is 0.0327. The van der Waals surface area contributed by atoms with Gasteiger partial charge in [0.15, 0.2) is 17.6 Å². The van der Waals surface area contributed by atoms with Crippen LogP contribution < -0.4 is 0 Å². The Kier molecular flexibility index (Phi) is 2.62. The lowest BCUT2D eigenvalue weighted by molar-refractivity contribution is -0.146. The number of hydrogen-bond donors (Lipinski definition) is 4. The average Bonchev–Trinajstić information content (AvgIpc) is 2.12. The molecule has 0 aliphatic rings. The molecule has 0 fully saturated rings. The molecule has 76 valence electrons. The van der Waals surface area contributed by atoms with Crippen molar-refractivity contribution in [3.8, 4) is 11.5 Å². The van der Waals surface area contributed by atoms with E-state index in [0.29, 0.717) is 5.56 Å². The quantitative estimate of drug-likeness (QED) is 0.519. The number of hydrogen-bond acceptors (Lipinski definition) is 4. The third kappa shape index (κ3) is 1.77. The van der Waals surface area contributed by atoms with Crippen LogP contribution in [0.15, 0.2) is 12.1 Å². The first kappa shape index (κ1) is 10.3. The highest BCUT2D eigenvalue weighted by Crippen LogP contribution is 2.31. The summed E-state index contributed by atoms with van der Waals surface area (Å²) in [4.78, 5) is 10.4. The van der Waals surface area contributed by atoms with Gasteiger partial charge in [0.05, 0.1) is 0 Å². The molecule has 0 saturated heterocycles. The van der Waals surface area contributed by atoms with E-state index in [2.05, 4.69) is 0 Å². The third-order valence-electron chi connectivity index (χ3n) is 1.85. The van der Waals surface area contributed by atoms with Crippen LogP contribution in [0.4, 0.5) is 0 Å². The van der Waals surface area contributed by atoms with Gasteiger partial charge in [0.2, 0.25) is 0 Å². The number of aliphatic carboxylic acids is 1. The number of carbonyl (C=O) groups is 1. The fraction of sp³-hybridized carbons (Fsp3) is 0.222. The number of phenols is 2. The number of benzene rings is 1. The van der Waals surface area contributed by atoms with Gasteiger partial charge in [-0.15, -0.1) is 0 Å². The molecule has 5 heteroatoms. The van der Waals surface area contributed by atoms with Gasteiger partial charge in [0, 0.05) is 0 Å². The maximum atomic E-state index is 10.4. The SMILES string of the molecule is Cc1cc(C(O)C(=O)O)cc(O)c1O. The lowest BCUT2D eigenvalue weighted by atomic mass is 10.1. The minimum Gasteiger partial charge on any atom is -0.504 e. The second-order valence-corrected chi connectivity index (χ2v) is 2.95. The summed E-state index contributed by atoms with van der Waals surface area (Å²) >= 11 is 0. The van der Waals surface area contributed by atoms with Crippen LogP contribution in [0.1, 0.15) is 17.2 Å². The molecule has 0 spiro atoms. The van der Waals surface area contributed by atoms with Crippen LogP contribution >= 0.6 is 0 Å². The molecule has 0 aliphatic heterocycles. The molecule has 1 rings (SSSR count). The highest BCUT2D eigenvalue weighted by atomic mass is 16.4. The van der Waals surface area contributed by atoms with E-state index in [1.54, 1.807) is 0 Å². The van der Waals surface area contributed by atoms with E-state index in [1.165, 1.54) is 13.0 Å². The number of aliphatic hydroxyl groups excluding tert-OH is 1. The summed E-state index contributed by atoms with van der Waals surface area (Å²) in [5, 5.41) is 36.0. The Balaban J connectivity index is 3.19. The number of aromatic hydroxyl groups is 2. The van der Waals surface area contributed by atoms with Gasteiger partial charge < -0.3 is 20.4 Å². The zero-order valence-corrected chi connectivity index (χ0v) is 7.43. The minimum atomic E-state index is -1.69. The normalized spacial score (nSPS) is 12.4. The molecule has 5 nitrogen and oxygen atoms in total. The third-order valence-corrected chi connectivity index (χ3v) is 1.85. The molecule has 1 unspecified atom stereocenters. The van der Waals surface area contributed by atoms with E-state index in [1.807, 2.05) is 0 Å². The number of phenolic OH excluding ortho intramolecular Hbond substituents is 2. The Morgan fingerprint density at radius 2 is 1.93 bits per heavy atom. The highest BCUT2D eigenvalue weighted by Gasteiger charge is 2.18. The van der Waals surface area contributed by atoms with Gasteiger partial charge in [0.25, 0.3) is 0 Å². The van der Waals surface area contributed by atoms with Gasteiger partial charge in [-0.25, -0.2) is 4.79 Å². The summed E-state index contributed by atoms with van der Waals surface area (Å²) in [6.45, 7) is 1.49. The predicted octanol–water partition coefficient (Wildman–Crippen LogP) is 0.524. The summed E-state index contributed by atoms with van der Waals surface area (Å²) in [7, 11) is 0. The standard InChI is InChI=1S/C9H10O5/c1-4-2-5(8(12)9(13)14)3-6(10)7(4)11/h2-3,8,10-12H,1H3,(H,13,14). The summed E-state index contributed by atoms with van der Waals surface area (Å²) in [5.41, 5.74) is 0.339. The van der Waals surface area contributed by atoms with E-state index in [4.69, 9.17) is 15.3 Å². The fourth-order valence-electron chi connectivity index (χ4n) is 1.09. The van der Waals surface area contributed by atoms with Crippen molar-refractivity contribution in [2.75, 3.05) is 0 Å². The smallest absolute Gasteiger partial charge is 0.337 e. The topological polar surface area (TPSA) is 98.0 Å². The molecule has 0 heterocycles. The maximum Gasteiger partial charge on any atom is 0.337 e. The molecular formula is C9H10O5. The summed E-state index contributed by atoms with van der Waals surface area (Å²) in [6.07, 6.45) is -1.69. The Bertz CT molecular complexity index is 348. The summed E-state index contributed by atoms with van der Waals surface area (Å²) in [5.74, 6) is -2.17. The van der Waals surface area contributed by atoms with E-state index in [9.17, 15) is 9.90 Å². The second-order valence-electron chi connectivity index (χ2n) is 2.95. The Hall–Kier alpha value is -1.75. The zero-order chi connectivity index (χ0) is 10.9. The first-order valence-electron chi connectivity index (χ1n) is 3.87. The van der Waals surface area contributed by atoms with Crippen LogP contribution in [0.25, 0.3) is 0 Å². The monoisotopic (exact) mass is 198 g/mol. The Morgan fingerprint density at radius 1 is 1.36 bits per heavy atom.